The average Bonchev–Trinajstić information content (AvgIpc) is 2.26. The van der Waals surface area contributed by atoms with Crippen molar-refractivity contribution in [2.24, 2.45) is 5.73 Å². The van der Waals surface area contributed by atoms with Gasteiger partial charge in [0, 0.05) is 4.47 Å². The van der Waals surface area contributed by atoms with Crippen molar-refractivity contribution in [3.05, 3.63) is 28.2 Å². The Morgan fingerprint density at radius 3 is 2.88 bits per heavy atom. The summed E-state index contributed by atoms with van der Waals surface area (Å²) in [7, 11) is 1.54. The predicted molar refractivity (Wildman–Crippen MR) is 69.8 cm³/mol. The number of carbonyl (C=O) groups is 1. The number of rotatable bonds is 4. The third-order valence-corrected chi connectivity index (χ3v) is 2.68. The molecule has 0 bridgehead atoms. The second kappa shape index (κ2) is 5.81. The van der Waals surface area contributed by atoms with Crippen molar-refractivity contribution in [2.75, 3.05) is 13.7 Å². The summed E-state index contributed by atoms with van der Waals surface area (Å²) >= 11 is 7.96. The van der Waals surface area contributed by atoms with Gasteiger partial charge in [-0.3, -0.25) is 4.79 Å². The van der Waals surface area contributed by atoms with Crippen LogP contribution in [0.25, 0.3) is 0 Å². The zero-order chi connectivity index (χ0) is 12.1. The van der Waals surface area contributed by atoms with Gasteiger partial charge in [-0.25, -0.2) is 0 Å². The lowest BCUT2D eigenvalue weighted by Crippen LogP contribution is -2.32. The molecule has 0 radical (unpaired) electrons. The van der Waals surface area contributed by atoms with Crippen molar-refractivity contribution in [1.82, 2.24) is 5.32 Å². The molecule has 1 aromatic rings. The van der Waals surface area contributed by atoms with E-state index in [1.165, 1.54) is 0 Å². The van der Waals surface area contributed by atoms with Gasteiger partial charge in [0.1, 0.15) is 5.75 Å². The van der Waals surface area contributed by atoms with E-state index < -0.39 is 0 Å². The van der Waals surface area contributed by atoms with Gasteiger partial charge in [0.2, 0.25) is 0 Å². The van der Waals surface area contributed by atoms with E-state index in [4.69, 9.17) is 10.5 Å². The fourth-order valence-corrected chi connectivity index (χ4v) is 1.57. The monoisotopic (exact) mass is 302 g/mol. The number of nitrogens with two attached hydrogens (primary N) is 1. The summed E-state index contributed by atoms with van der Waals surface area (Å²) in [4.78, 5) is 12.0. The molecule has 1 rings (SSSR count). The first-order chi connectivity index (χ1) is 7.54. The van der Waals surface area contributed by atoms with Gasteiger partial charge in [0.25, 0.3) is 5.91 Å². The van der Waals surface area contributed by atoms with E-state index in [1.807, 2.05) is 0 Å². The molecule has 0 fully saturated rings. The Labute approximate surface area is 107 Å². The molecule has 0 heterocycles. The van der Waals surface area contributed by atoms with E-state index in [1.54, 1.807) is 25.3 Å². The molecule has 0 saturated heterocycles. The smallest absolute Gasteiger partial charge is 0.252 e. The van der Waals surface area contributed by atoms with E-state index >= 15 is 0 Å². The van der Waals surface area contributed by atoms with Crippen LogP contribution in [0.15, 0.2) is 22.7 Å². The van der Waals surface area contributed by atoms with E-state index in [9.17, 15) is 4.79 Å². The van der Waals surface area contributed by atoms with Gasteiger partial charge in [0.15, 0.2) is 0 Å². The molecular formula is C10H11BrN2O2S. The van der Waals surface area contributed by atoms with Crippen LogP contribution >= 0.6 is 28.1 Å². The first kappa shape index (κ1) is 12.9. The minimum atomic E-state index is -0.251. The third kappa shape index (κ3) is 3.46. The van der Waals surface area contributed by atoms with Crippen LogP contribution in [0.3, 0.4) is 0 Å². The molecule has 3 N–H and O–H groups in total. The largest absolute Gasteiger partial charge is 0.497 e. The predicted octanol–water partition coefficient (Wildman–Crippen LogP) is 1.47. The van der Waals surface area contributed by atoms with Gasteiger partial charge < -0.3 is 15.8 Å². The Morgan fingerprint density at radius 1 is 1.62 bits per heavy atom. The van der Waals surface area contributed by atoms with Crippen LogP contribution in [-0.2, 0) is 0 Å². The lowest BCUT2D eigenvalue weighted by Gasteiger charge is -2.07. The van der Waals surface area contributed by atoms with Crippen LogP contribution in [0.1, 0.15) is 10.4 Å². The van der Waals surface area contributed by atoms with Crippen LogP contribution < -0.4 is 15.8 Å². The van der Waals surface area contributed by atoms with Crippen LogP contribution in [-0.4, -0.2) is 24.6 Å². The maximum absolute atomic E-state index is 11.7. The maximum Gasteiger partial charge on any atom is 0.252 e. The van der Waals surface area contributed by atoms with E-state index in [0.717, 1.165) is 0 Å². The molecule has 0 atom stereocenters. The minimum Gasteiger partial charge on any atom is -0.497 e. The molecule has 6 heteroatoms. The molecule has 86 valence electrons. The number of thiocarbonyl (C=S) groups is 1. The summed E-state index contributed by atoms with van der Waals surface area (Å²) in [6, 6.07) is 5.14. The summed E-state index contributed by atoms with van der Waals surface area (Å²) < 4.78 is 5.72. The lowest BCUT2D eigenvalue weighted by molar-refractivity contribution is 0.0958. The Kier molecular flexibility index (Phi) is 4.70. The molecule has 16 heavy (non-hydrogen) atoms. The van der Waals surface area contributed by atoms with Gasteiger partial charge >= 0.3 is 0 Å². The molecule has 0 aliphatic heterocycles. The van der Waals surface area contributed by atoms with Crippen LogP contribution in [0.5, 0.6) is 5.75 Å². The number of nitrogens with one attached hydrogen (secondary N) is 1. The van der Waals surface area contributed by atoms with E-state index in [-0.39, 0.29) is 17.4 Å². The molecule has 4 nitrogen and oxygen atoms in total. The molecule has 0 aromatic heterocycles. The lowest BCUT2D eigenvalue weighted by atomic mass is 10.2. The van der Waals surface area contributed by atoms with Crippen molar-refractivity contribution in [1.29, 1.82) is 0 Å². The highest BCUT2D eigenvalue weighted by molar-refractivity contribution is 9.10. The molecule has 0 saturated carbocycles. The van der Waals surface area contributed by atoms with E-state index in [0.29, 0.717) is 15.8 Å². The summed E-state index contributed by atoms with van der Waals surface area (Å²) in [5, 5.41) is 2.60. The highest BCUT2D eigenvalue weighted by Gasteiger charge is 2.10. The van der Waals surface area contributed by atoms with Crippen molar-refractivity contribution in [2.45, 2.75) is 0 Å². The fraction of sp³-hybridized carbons (Fsp3) is 0.200. The first-order valence-electron chi connectivity index (χ1n) is 4.44. The summed E-state index contributed by atoms with van der Waals surface area (Å²) in [6.07, 6.45) is 0. The topological polar surface area (TPSA) is 64.3 Å². The van der Waals surface area contributed by atoms with E-state index in [2.05, 4.69) is 33.5 Å². The second-order valence-electron chi connectivity index (χ2n) is 2.99. The van der Waals surface area contributed by atoms with Crippen molar-refractivity contribution >= 4 is 39.0 Å². The number of benzene rings is 1. The Morgan fingerprint density at radius 2 is 2.31 bits per heavy atom. The molecule has 0 aliphatic carbocycles. The number of amides is 1. The number of ether oxygens (including phenoxy) is 1. The van der Waals surface area contributed by atoms with Crippen molar-refractivity contribution in [3.8, 4) is 5.75 Å². The van der Waals surface area contributed by atoms with Crippen LogP contribution in [0.4, 0.5) is 0 Å². The summed E-state index contributed by atoms with van der Waals surface area (Å²) in [6.45, 7) is 0.178. The zero-order valence-corrected chi connectivity index (χ0v) is 11.0. The highest BCUT2D eigenvalue weighted by atomic mass is 79.9. The van der Waals surface area contributed by atoms with Gasteiger partial charge in [-0.2, -0.15) is 0 Å². The Bertz CT molecular complexity index is 423. The molecule has 1 aromatic carbocycles. The normalized spacial score (nSPS) is 9.62. The standard InChI is InChI=1S/C10H11BrN2O2S/c1-15-6-2-3-8(11)7(4-6)10(14)13-5-9(12)16/h2-4H,5H2,1H3,(H2,12,16)(H,13,14). The second-order valence-corrected chi connectivity index (χ2v) is 4.37. The van der Waals surface area contributed by atoms with Gasteiger partial charge in [-0.15, -0.1) is 0 Å². The number of halogens is 1. The minimum absolute atomic E-state index is 0.178. The molecule has 0 unspecified atom stereocenters. The first-order valence-corrected chi connectivity index (χ1v) is 5.64. The number of carbonyl (C=O) groups excluding carboxylic acids is 1. The molecule has 1 amide bonds. The summed E-state index contributed by atoms with van der Waals surface area (Å²) in [5.74, 6) is 0.363. The highest BCUT2D eigenvalue weighted by Crippen LogP contribution is 2.22. The molecule has 0 spiro atoms. The SMILES string of the molecule is COc1ccc(Br)c(C(=O)NCC(N)=S)c1. The maximum atomic E-state index is 11.7. The molecule has 0 aliphatic rings. The quantitative estimate of drug-likeness (QED) is 0.827. The van der Waals surface area contributed by atoms with Crippen molar-refractivity contribution < 1.29 is 9.53 Å². The number of methoxy groups -OCH3 is 1. The van der Waals surface area contributed by atoms with Gasteiger partial charge in [0.05, 0.1) is 24.2 Å². The number of hydrogen-bond acceptors (Lipinski definition) is 3. The summed E-state index contributed by atoms with van der Waals surface area (Å²) in [5.41, 5.74) is 5.78. The fourth-order valence-electron chi connectivity index (χ4n) is 1.07. The zero-order valence-electron chi connectivity index (χ0n) is 8.62. The third-order valence-electron chi connectivity index (χ3n) is 1.84. The number of hydrogen-bond donors (Lipinski definition) is 2. The van der Waals surface area contributed by atoms with Gasteiger partial charge in [-0.05, 0) is 34.1 Å². The Hall–Kier alpha value is -1.14. The molecular weight excluding hydrogens is 292 g/mol. The van der Waals surface area contributed by atoms with Crippen molar-refractivity contribution in [3.63, 3.8) is 0 Å². The van der Waals surface area contributed by atoms with Gasteiger partial charge in [-0.1, -0.05) is 12.2 Å². The Balaban J connectivity index is 2.85. The van der Waals surface area contributed by atoms with Crippen LogP contribution in [0, 0.1) is 0 Å². The van der Waals surface area contributed by atoms with Crippen LogP contribution in [0.2, 0.25) is 0 Å². The average molecular weight is 303 g/mol.